The van der Waals surface area contributed by atoms with Gasteiger partial charge in [-0.2, -0.15) is 0 Å². The Morgan fingerprint density at radius 1 is 0.721 bits per heavy atom. The quantitative estimate of drug-likeness (QED) is 0.148. The van der Waals surface area contributed by atoms with E-state index in [0.717, 1.165) is 39.2 Å². The molecule has 5 nitrogen and oxygen atoms in total. The van der Waals surface area contributed by atoms with Gasteiger partial charge in [-0.15, -0.1) is 0 Å². The van der Waals surface area contributed by atoms with Crippen LogP contribution >= 0.6 is 0 Å². The summed E-state index contributed by atoms with van der Waals surface area (Å²) >= 11 is 0. The molecular weight excluding hydrogens is 525 g/mol. The molecule has 1 aliphatic heterocycles. The summed E-state index contributed by atoms with van der Waals surface area (Å²) in [6, 6.07) is 42.3. The average Bonchev–Trinajstić information content (AvgIpc) is 3.63. The highest BCUT2D eigenvalue weighted by molar-refractivity contribution is 6.83. The summed E-state index contributed by atoms with van der Waals surface area (Å²) in [6.07, 6.45) is 9.78. The van der Waals surface area contributed by atoms with Crippen molar-refractivity contribution in [3.05, 3.63) is 170 Å². The van der Waals surface area contributed by atoms with Gasteiger partial charge in [-0.05, 0) is 66.5 Å². The molecule has 0 saturated heterocycles. The number of nitrogens with zero attached hydrogens (tertiary/aromatic N) is 5. The predicted molar refractivity (Wildman–Crippen MR) is 180 cm³/mol. The SMILES string of the molecule is C=C/C(=C\C=C(/C)N1B(c2ccccc2)N(c2ccccc2)c2ccccc21)c1cc2ccccc2n1-c1ncccn1. The molecule has 206 valence electrons. The molecule has 0 unspecified atom stereocenters. The zero-order valence-corrected chi connectivity index (χ0v) is 24.0. The number of rotatable bonds is 7. The molecule has 0 bridgehead atoms. The molecule has 0 saturated carbocycles. The fourth-order valence-corrected chi connectivity index (χ4v) is 5.96. The maximum Gasteiger partial charge on any atom is 0.420 e. The van der Waals surface area contributed by atoms with E-state index in [0.29, 0.717) is 5.95 Å². The van der Waals surface area contributed by atoms with Crippen molar-refractivity contribution >= 4 is 46.0 Å². The van der Waals surface area contributed by atoms with Gasteiger partial charge in [0.25, 0.3) is 0 Å². The van der Waals surface area contributed by atoms with Gasteiger partial charge in [0.1, 0.15) is 0 Å². The zero-order chi connectivity index (χ0) is 29.2. The molecule has 1 aliphatic rings. The summed E-state index contributed by atoms with van der Waals surface area (Å²) < 4.78 is 2.10. The number of aromatic nitrogens is 3. The van der Waals surface area contributed by atoms with Gasteiger partial charge in [-0.25, -0.2) is 9.97 Å². The zero-order valence-electron chi connectivity index (χ0n) is 24.0. The second-order valence-electron chi connectivity index (χ2n) is 10.5. The standard InChI is InChI=1S/C37H30BN5/c1-3-29(36-27-30-15-10-11-20-33(30)41(36)37-39-25-14-26-40-37)24-23-28(2)42-34-21-12-13-22-35(34)43(32-18-8-5-9-19-32)38(42)31-16-6-4-7-17-31/h3-27H,1H2,2H3/b28-23+,29-24+. The molecule has 43 heavy (non-hydrogen) atoms. The molecule has 4 aromatic carbocycles. The first-order valence-corrected chi connectivity index (χ1v) is 14.4. The molecule has 0 N–H and O–H groups in total. The lowest BCUT2D eigenvalue weighted by atomic mass is 9.64. The summed E-state index contributed by atoms with van der Waals surface area (Å²) in [6.45, 7) is 6.32. The Bertz CT molecular complexity index is 1960. The van der Waals surface area contributed by atoms with E-state index in [1.807, 2.05) is 18.2 Å². The summed E-state index contributed by atoms with van der Waals surface area (Å²) in [5.41, 5.74) is 8.81. The number of benzene rings is 4. The van der Waals surface area contributed by atoms with Gasteiger partial charge in [0, 0.05) is 29.2 Å². The Morgan fingerprint density at radius 2 is 1.37 bits per heavy atom. The van der Waals surface area contributed by atoms with Crippen molar-refractivity contribution in [2.45, 2.75) is 6.92 Å². The van der Waals surface area contributed by atoms with Crippen LogP contribution in [0, 0.1) is 0 Å². The smallest absolute Gasteiger partial charge is 0.364 e. The average molecular weight is 555 g/mol. The van der Waals surface area contributed by atoms with Crippen LogP contribution in [-0.4, -0.2) is 21.5 Å². The van der Waals surface area contributed by atoms with Gasteiger partial charge in [-0.3, -0.25) is 4.57 Å². The minimum atomic E-state index is -0.0537. The van der Waals surface area contributed by atoms with Gasteiger partial charge >= 0.3 is 6.98 Å². The van der Waals surface area contributed by atoms with Gasteiger partial charge in [0.2, 0.25) is 5.95 Å². The van der Waals surface area contributed by atoms with Crippen LogP contribution in [0.1, 0.15) is 12.6 Å². The van der Waals surface area contributed by atoms with Gasteiger partial charge in [-0.1, -0.05) is 97.6 Å². The molecule has 0 atom stereocenters. The summed E-state index contributed by atoms with van der Waals surface area (Å²) in [5, 5.41) is 1.12. The lowest BCUT2D eigenvalue weighted by molar-refractivity contribution is 0.950. The lowest BCUT2D eigenvalue weighted by Gasteiger charge is -2.30. The van der Waals surface area contributed by atoms with E-state index in [2.05, 4.69) is 159 Å². The molecule has 0 amide bonds. The molecular formula is C37H30BN5. The fourth-order valence-electron chi connectivity index (χ4n) is 5.96. The Balaban J connectivity index is 1.37. The van der Waals surface area contributed by atoms with Crippen molar-refractivity contribution < 1.29 is 0 Å². The number of anilines is 3. The first kappa shape index (κ1) is 26.3. The maximum atomic E-state index is 4.57. The number of hydrogen-bond acceptors (Lipinski definition) is 4. The highest BCUT2D eigenvalue weighted by atomic mass is 15.3. The molecule has 0 aliphatic carbocycles. The highest BCUT2D eigenvalue weighted by Crippen LogP contribution is 2.44. The third-order valence-electron chi connectivity index (χ3n) is 7.88. The van der Waals surface area contributed by atoms with Crippen molar-refractivity contribution in [1.82, 2.24) is 14.5 Å². The van der Waals surface area contributed by atoms with Gasteiger partial charge in [0.05, 0.1) is 22.6 Å². The third-order valence-corrected chi connectivity index (χ3v) is 7.88. The first-order valence-electron chi connectivity index (χ1n) is 14.4. The van der Waals surface area contributed by atoms with Crippen LogP contribution in [-0.2, 0) is 0 Å². The maximum absolute atomic E-state index is 4.57. The summed E-state index contributed by atoms with van der Waals surface area (Å²) in [4.78, 5) is 14.0. The molecule has 7 rings (SSSR count). The van der Waals surface area contributed by atoms with E-state index in [4.69, 9.17) is 0 Å². The fraction of sp³-hybridized carbons (Fsp3) is 0.0270. The minimum absolute atomic E-state index is 0.0537. The molecule has 6 heteroatoms. The van der Waals surface area contributed by atoms with Crippen molar-refractivity contribution in [1.29, 1.82) is 0 Å². The van der Waals surface area contributed by atoms with E-state index in [1.165, 1.54) is 11.2 Å². The second-order valence-corrected chi connectivity index (χ2v) is 10.5. The molecule has 0 fully saturated rings. The van der Waals surface area contributed by atoms with Crippen LogP contribution in [0.3, 0.4) is 0 Å². The largest absolute Gasteiger partial charge is 0.420 e. The molecule has 3 heterocycles. The minimum Gasteiger partial charge on any atom is -0.364 e. The Hall–Kier alpha value is -5.62. The van der Waals surface area contributed by atoms with Crippen LogP contribution in [0.4, 0.5) is 17.1 Å². The molecule has 0 radical (unpaired) electrons. The second kappa shape index (κ2) is 11.3. The van der Waals surface area contributed by atoms with E-state index >= 15 is 0 Å². The van der Waals surface area contributed by atoms with E-state index < -0.39 is 0 Å². The molecule has 0 spiro atoms. The van der Waals surface area contributed by atoms with E-state index in [-0.39, 0.29) is 6.98 Å². The predicted octanol–water partition coefficient (Wildman–Crippen LogP) is 7.95. The van der Waals surface area contributed by atoms with Crippen molar-refractivity contribution in [3.63, 3.8) is 0 Å². The van der Waals surface area contributed by atoms with Crippen LogP contribution < -0.4 is 15.1 Å². The van der Waals surface area contributed by atoms with Crippen molar-refractivity contribution in [2.24, 2.45) is 0 Å². The topological polar surface area (TPSA) is 37.2 Å². The Labute approximate surface area is 252 Å². The van der Waals surface area contributed by atoms with Crippen LogP contribution in [0.2, 0.25) is 0 Å². The number of hydrogen-bond donors (Lipinski definition) is 0. The number of allylic oxidation sites excluding steroid dienone is 5. The van der Waals surface area contributed by atoms with Crippen molar-refractivity contribution in [3.8, 4) is 5.95 Å². The van der Waals surface area contributed by atoms with Crippen molar-refractivity contribution in [2.75, 3.05) is 9.62 Å². The summed E-state index contributed by atoms with van der Waals surface area (Å²) in [5.74, 6) is 0.628. The first-order chi connectivity index (χ1) is 21.2. The highest BCUT2D eigenvalue weighted by Gasteiger charge is 2.43. The summed E-state index contributed by atoms with van der Waals surface area (Å²) in [7, 11) is 0. The molecule has 6 aromatic rings. The number of fused-ring (bicyclic) bond motifs is 2. The van der Waals surface area contributed by atoms with Crippen LogP contribution in [0.25, 0.3) is 22.4 Å². The van der Waals surface area contributed by atoms with E-state index in [1.54, 1.807) is 12.4 Å². The normalized spacial score (nSPS) is 13.5. The number of para-hydroxylation sites is 4. The van der Waals surface area contributed by atoms with E-state index in [9.17, 15) is 0 Å². The third kappa shape index (κ3) is 4.73. The van der Waals surface area contributed by atoms with Gasteiger partial charge in [0.15, 0.2) is 0 Å². The Kier molecular flexibility index (Phi) is 6.93. The molecule has 2 aromatic heterocycles. The lowest BCUT2D eigenvalue weighted by Crippen LogP contribution is -2.54. The van der Waals surface area contributed by atoms with Gasteiger partial charge < -0.3 is 9.62 Å². The van der Waals surface area contributed by atoms with Crippen LogP contribution in [0.15, 0.2) is 164 Å². The van der Waals surface area contributed by atoms with Crippen LogP contribution in [0.5, 0.6) is 0 Å². The Morgan fingerprint density at radius 3 is 2.12 bits per heavy atom. The monoisotopic (exact) mass is 555 g/mol.